The zero-order valence-corrected chi connectivity index (χ0v) is 10.7. The second kappa shape index (κ2) is 5.96. The van der Waals surface area contributed by atoms with Crippen LogP contribution in [-0.4, -0.2) is 28.1 Å². The van der Waals surface area contributed by atoms with Crippen LogP contribution in [0.15, 0.2) is 39.5 Å². The van der Waals surface area contributed by atoms with Gasteiger partial charge in [0.2, 0.25) is 5.89 Å². The van der Waals surface area contributed by atoms with Gasteiger partial charge in [0, 0.05) is 5.56 Å². The highest BCUT2D eigenvalue weighted by Crippen LogP contribution is 2.13. The summed E-state index contributed by atoms with van der Waals surface area (Å²) in [6.07, 6.45) is 0. The lowest BCUT2D eigenvalue weighted by Crippen LogP contribution is -2.24. The Bertz CT molecular complexity index is 672. The molecule has 0 aliphatic carbocycles. The van der Waals surface area contributed by atoms with Crippen molar-refractivity contribution < 1.29 is 18.7 Å². The molecule has 0 saturated carbocycles. The molecule has 0 saturated heterocycles. The average Bonchev–Trinajstić information content (AvgIpc) is 2.79. The molecule has 7 nitrogen and oxygen atoms in total. The normalized spacial score (nSPS) is 10.2. The summed E-state index contributed by atoms with van der Waals surface area (Å²) in [5, 5.41) is 3.90. The third kappa shape index (κ3) is 3.41. The predicted octanol–water partition coefficient (Wildman–Crippen LogP) is 0.635. The molecule has 2 aromatic rings. The van der Waals surface area contributed by atoms with Gasteiger partial charge in [0.05, 0.1) is 0 Å². The van der Waals surface area contributed by atoms with E-state index in [0.29, 0.717) is 5.56 Å². The number of nitrogens with zero attached hydrogens (tertiary/aromatic N) is 2. The Labute approximate surface area is 113 Å². The number of rotatable bonds is 5. The minimum atomic E-state index is -0.761. The molecule has 0 spiro atoms. The molecule has 0 bridgehead atoms. The van der Waals surface area contributed by atoms with Crippen LogP contribution in [0, 0.1) is 0 Å². The van der Waals surface area contributed by atoms with Gasteiger partial charge in [-0.3, -0.25) is 9.59 Å². The fourth-order valence-corrected chi connectivity index (χ4v) is 1.45. The number of Topliss-reactive ketones (excluding diaryl/α,β-unsaturated/α-hetero) is 1. The van der Waals surface area contributed by atoms with Gasteiger partial charge in [-0.15, -0.1) is 5.10 Å². The number of ketones is 1. The van der Waals surface area contributed by atoms with Crippen LogP contribution in [0.1, 0.15) is 6.92 Å². The SMILES string of the molecule is CC(=O)COC(=O)Cn1nc(-c2ccccc2)oc1=O. The number of carbonyl (C=O) groups is 2. The van der Waals surface area contributed by atoms with Crippen LogP contribution < -0.4 is 5.76 Å². The van der Waals surface area contributed by atoms with E-state index in [9.17, 15) is 14.4 Å². The quantitative estimate of drug-likeness (QED) is 0.744. The molecule has 7 heteroatoms. The Morgan fingerprint density at radius 3 is 2.65 bits per heavy atom. The van der Waals surface area contributed by atoms with Gasteiger partial charge in [-0.1, -0.05) is 18.2 Å². The van der Waals surface area contributed by atoms with Crippen molar-refractivity contribution >= 4 is 11.8 Å². The van der Waals surface area contributed by atoms with Crippen LogP contribution in [0.4, 0.5) is 0 Å². The Balaban J connectivity index is 2.11. The second-order valence-electron chi connectivity index (χ2n) is 4.06. The predicted molar refractivity (Wildman–Crippen MR) is 67.8 cm³/mol. The molecule has 0 radical (unpaired) electrons. The smallest absolute Gasteiger partial charge is 0.437 e. The minimum absolute atomic E-state index is 0.120. The van der Waals surface area contributed by atoms with Gasteiger partial charge in [0.25, 0.3) is 0 Å². The van der Waals surface area contributed by atoms with E-state index in [4.69, 9.17) is 4.42 Å². The number of aromatic nitrogens is 2. The van der Waals surface area contributed by atoms with Crippen molar-refractivity contribution in [3.63, 3.8) is 0 Å². The zero-order chi connectivity index (χ0) is 14.5. The molecule has 0 aliphatic heterocycles. The molecule has 104 valence electrons. The molecule has 0 fully saturated rings. The largest absolute Gasteiger partial charge is 0.456 e. The first-order valence-electron chi connectivity index (χ1n) is 5.84. The van der Waals surface area contributed by atoms with E-state index in [1.165, 1.54) is 6.92 Å². The zero-order valence-electron chi connectivity index (χ0n) is 10.7. The summed E-state index contributed by atoms with van der Waals surface area (Å²) in [6.45, 7) is 0.572. The summed E-state index contributed by atoms with van der Waals surface area (Å²) in [7, 11) is 0. The van der Waals surface area contributed by atoms with E-state index in [1.54, 1.807) is 24.3 Å². The molecule has 0 amide bonds. The van der Waals surface area contributed by atoms with Crippen LogP contribution >= 0.6 is 0 Å². The second-order valence-corrected chi connectivity index (χ2v) is 4.06. The Morgan fingerprint density at radius 2 is 2.00 bits per heavy atom. The Hall–Kier alpha value is -2.70. The van der Waals surface area contributed by atoms with Crippen LogP contribution in [0.2, 0.25) is 0 Å². The lowest BCUT2D eigenvalue weighted by Gasteiger charge is -2.00. The fraction of sp³-hybridized carbons (Fsp3) is 0.231. The first-order chi connectivity index (χ1) is 9.56. The maximum atomic E-state index is 11.5. The van der Waals surface area contributed by atoms with E-state index in [-0.39, 0.29) is 18.3 Å². The van der Waals surface area contributed by atoms with Gasteiger partial charge >= 0.3 is 11.7 Å². The molecule has 0 unspecified atom stereocenters. The van der Waals surface area contributed by atoms with Crippen molar-refractivity contribution in [2.45, 2.75) is 13.5 Å². The maximum absolute atomic E-state index is 11.5. The Kier molecular flexibility index (Phi) is 4.09. The molecule has 1 aromatic carbocycles. The van der Waals surface area contributed by atoms with Gasteiger partial charge < -0.3 is 9.15 Å². The maximum Gasteiger partial charge on any atom is 0.437 e. The van der Waals surface area contributed by atoms with Gasteiger partial charge in [0.1, 0.15) is 13.2 Å². The summed E-state index contributed by atoms with van der Waals surface area (Å²) in [5.74, 6) is -1.65. The van der Waals surface area contributed by atoms with Crippen molar-refractivity contribution in [2.75, 3.05) is 6.61 Å². The average molecular weight is 276 g/mol. The van der Waals surface area contributed by atoms with Crippen LogP contribution in [-0.2, 0) is 20.9 Å². The molecular weight excluding hydrogens is 264 g/mol. The van der Waals surface area contributed by atoms with Crippen molar-refractivity contribution in [3.8, 4) is 11.5 Å². The van der Waals surface area contributed by atoms with E-state index in [1.807, 2.05) is 6.07 Å². The fourth-order valence-electron chi connectivity index (χ4n) is 1.45. The van der Waals surface area contributed by atoms with Crippen molar-refractivity contribution in [2.24, 2.45) is 0 Å². The number of hydrogen-bond acceptors (Lipinski definition) is 6. The van der Waals surface area contributed by atoms with E-state index < -0.39 is 18.3 Å². The number of benzene rings is 1. The first kappa shape index (κ1) is 13.7. The highest BCUT2D eigenvalue weighted by atomic mass is 16.5. The third-order valence-corrected chi connectivity index (χ3v) is 2.34. The number of carbonyl (C=O) groups excluding carboxylic acids is 2. The summed E-state index contributed by atoms with van der Waals surface area (Å²) in [5.41, 5.74) is 0.625. The lowest BCUT2D eigenvalue weighted by molar-refractivity contribution is -0.148. The van der Waals surface area contributed by atoms with Crippen LogP contribution in [0.25, 0.3) is 11.5 Å². The topological polar surface area (TPSA) is 91.4 Å². The molecule has 0 atom stereocenters. The van der Waals surface area contributed by atoms with Crippen LogP contribution in [0.5, 0.6) is 0 Å². The highest BCUT2D eigenvalue weighted by Gasteiger charge is 2.14. The summed E-state index contributed by atoms with van der Waals surface area (Å²) >= 11 is 0. The van der Waals surface area contributed by atoms with Gasteiger partial charge in [-0.05, 0) is 19.1 Å². The van der Waals surface area contributed by atoms with Crippen molar-refractivity contribution in [3.05, 3.63) is 40.9 Å². The monoisotopic (exact) mass is 276 g/mol. The summed E-state index contributed by atoms with van der Waals surface area (Å²) < 4.78 is 10.4. The summed E-state index contributed by atoms with van der Waals surface area (Å²) in [4.78, 5) is 33.6. The number of ether oxygens (including phenoxy) is 1. The first-order valence-corrected chi connectivity index (χ1v) is 5.84. The molecule has 20 heavy (non-hydrogen) atoms. The highest BCUT2D eigenvalue weighted by molar-refractivity contribution is 5.80. The third-order valence-electron chi connectivity index (χ3n) is 2.34. The summed E-state index contributed by atoms with van der Waals surface area (Å²) in [6, 6.07) is 8.82. The van der Waals surface area contributed by atoms with E-state index in [0.717, 1.165) is 4.68 Å². The molecule has 0 aliphatic rings. The number of esters is 1. The molecule has 1 heterocycles. The van der Waals surface area contributed by atoms with Gasteiger partial charge in [0.15, 0.2) is 5.78 Å². The van der Waals surface area contributed by atoms with E-state index >= 15 is 0 Å². The standard InChI is InChI=1S/C13H12N2O5/c1-9(16)8-19-11(17)7-15-13(18)20-12(14-15)10-5-3-2-4-6-10/h2-6H,7-8H2,1H3. The van der Waals surface area contributed by atoms with Crippen molar-refractivity contribution in [1.82, 2.24) is 9.78 Å². The van der Waals surface area contributed by atoms with Crippen LogP contribution in [0.3, 0.4) is 0 Å². The molecule has 0 N–H and O–H groups in total. The molecule has 1 aromatic heterocycles. The lowest BCUT2D eigenvalue weighted by atomic mass is 10.2. The number of hydrogen-bond donors (Lipinski definition) is 0. The molecular formula is C13H12N2O5. The van der Waals surface area contributed by atoms with Crippen molar-refractivity contribution in [1.29, 1.82) is 0 Å². The van der Waals surface area contributed by atoms with Gasteiger partial charge in [-0.2, -0.15) is 4.68 Å². The minimum Gasteiger partial charge on any atom is -0.456 e. The van der Waals surface area contributed by atoms with Gasteiger partial charge in [-0.25, -0.2) is 4.79 Å². The molecule has 2 rings (SSSR count). The van der Waals surface area contributed by atoms with E-state index in [2.05, 4.69) is 9.84 Å². The Morgan fingerprint density at radius 1 is 1.30 bits per heavy atom.